The molecule has 0 aliphatic heterocycles. The van der Waals surface area contributed by atoms with Gasteiger partial charge >= 0.3 is 0 Å². The molecular weight excluding hydrogens is 348 g/mol. The summed E-state index contributed by atoms with van der Waals surface area (Å²) in [4.78, 5) is 25.8. The van der Waals surface area contributed by atoms with Crippen LogP contribution in [0.3, 0.4) is 0 Å². The quantitative estimate of drug-likeness (QED) is 0.814. The summed E-state index contributed by atoms with van der Waals surface area (Å²) in [6.07, 6.45) is 10.9. The SMILES string of the molecule is CCc1cn(C)c(=O)c2c1CCC(Cn1cc(C(C)C)c3c(c1=O)CCC3)C2. The van der Waals surface area contributed by atoms with E-state index in [1.165, 1.54) is 22.3 Å². The molecule has 0 spiro atoms. The highest BCUT2D eigenvalue weighted by Gasteiger charge is 2.26. The largest absolute Gasteiger partial charge is 0.318 e. The summed E-state index contributed by atoms with van der Waals surface area (Å²) in [7, 11) is 1.85. The van der Waals surface area contributed by atoms with E-state index in [0.717, 1.165) is 62.6 Å². The van der Waals surface area contributed by atoms with Crippen molar-refractivity contribution in [3.8, 4) is 0 Å². The number of hydrogen-bond acceptors (Lipinski definition) is 2. The molecule has 1 atom stereocenters. The normalized spacial score (nSPS) is 18.4. The summed E-state index contributed by atoms with van der Waals surface area (Å²) in [6.45, 7) is 7.32. The standard InChI is InChI=1S/C24H32N2O2/c1-5-17-13-25(4)23(27)21-11-16(9-10-18(17)21)12-26-14-22(15(2)3)19-7-6-8-20(19)24(26)28/h13-16H,5-12H2,1-4H3. The predicted octanol–water partition coefficient (Wildman–Crippen LogP) is 3.53. The fourth-order valence-corrected chi connectivity index (χ4v) is 5.32. The first kappa shape index (κ1) is 19.2. The van der Waals surface area contributed by atoms with E-state index >= 15 is 0 Å². The molecule has 2 heterocycles. The van der Waals surface area contributed by atoms with E-state index in [0.29, 0.717) is 11.8 Å². The van der Waals surface area contributed by atoms with Gasteiger partial charge in [0, 0.05) is 37.1 Å². The monoisotopic (exact) mass is 380 g/mol. The van der Waals surface area contributed by atoms with Crippen LogP contribution in [0.1, 0.15) is 72.9 Å². The third-order valence-electron chi connectivity index (χ3n) is 6.81. The van der Waals surface area contributed by atoms with Gasteiger partial charge in [-0.15, -0.1) is 0 Å². The minimum atomic E-state index is 0.140. The Hall–Kier alpha value is -2.10. The number of hydrogen-bond donors (Lipinski definition) is 0. The molecule has 150 valence electrons. The minimum Gasteiger partial charge on any atom is -0.318 e. The van der Waals surface area contributed by atoms with E-state index in [9.17, 15) is 9.59 Å². The third kappa shape index (κ3) is 3.17. The Bertz CT molecular complexity index is 1030. The van der Waals surface area contributed by atoms with Gasteiger partial charge in [-0.1, -0.05) is 20.8 Å². The first-order valence-corrected chi connectivity index (χ1v) is 10.9. The van der Waals surface area contributed by atoms with E-state index in [1.54, 1.807) is 4.57 Å². The van der Waals surface area contributed by atoms with Gasteiger partial charge in [-0.2, -0.15) is 0 Å². The van der Waals surface area contributed by atoms with Gasteiger partial charge in [-0.05, 0) is 79.0 Å². The van der Waals surface area contributed by atoms with E-state index < -0.39 is 0 Å². The van der Waals surface area contributed by atoms with Gasteiger partial charge in [0.15, 0.2) is 0 Å². The molecule has 0 fully saturated rings. The van der Waals surface area contributed by atoms with Crippen molar-refractivity contribution < 1.29 is 0 Å². The molecule has 28 heavy (non-hydrogen) atoms. The van der Waals surface area contributed by atoms with E-state index in [4.69, 9.17) is 0 Å². The molecule has 2 aromatic rings. The molecular formula is C24H32N2O2. The number of aromatic nitrogens is 2. The summed E-state index contributed by atoms with van der Waals surface area (Å²) < 4.78 is 3.70. The van der Waals surface area contributed by atoms with Crippen LogP contribution < -0.4 is 11.1 Å². The number of aryl methyl sites for hydroxylation is 2. The molecule has 0 radical (unpaired) electrons. The lowest BCUT2D eigenvalue weighted by molar-refractivity contribution is 0.383. The average molecular weight is 381 g/mol. The second-order valence-corrected chi connectivity index (χ2v) is 9.00. The smallest absolute Gasteiger partial charge is 0.254 e. The van der Waals surface area contributed by atoms with Crippen LogP contribution in [-0.4, -0.2) is 9.13 Å². The van der Waals surface area contributed by atoms with Crippen LogP contribution >= 0.6 is 0 Å². The Kier molecular flexibility index (Phi) is 5.07. The van der Waals surface area contributed by atoms with Crippen LogP contribution in [0.25, 0.3) is 0 Å². The maximum Gasteiger partial charge on any atom is 0.254 e. The first-order valence-electron chi connectivity index (χ1n) is 10.9. The fraction of sp³-hybridized carbons (Fsp3) is 0.583. The molecule has 2 aliphatic carbocycles. The van der Waals surface area contributed by atoms with Crippen molar-refractivity contribution in [3.05, 3.63) is 66.5 Å². The van der Waals surface area contributed by atoms with Crippen LogP contribution in [-0.2, 0) is 45.7 Å². The van der Waals surface area contributed by atoms with E-state index in [-0.39, 0.29) is 11.1 Å². The zero-order chi connectivity index (χ0) is 20.0. The molecule has 0 N–H and O–H groups in total. The zero-order valence-electron chi connectivity index (χ0n) is 17.7. The Morgan fingerprint density at radius 2 is 1.75 bits per heavy atom. The first-order chi connectivity index (χ1) is 13.4. The fourth-order valence-electron chi connectivity index (χ4n) is 5.32. The van der Waals surface area contributed by atoms with E-state index in [2.05, 4.69) is 27.0 Å². The molecule has 0 saturated heterocycles. The lowest BCUT2D eigenvalue weighted by atomic mass is 9.82. The Morgan fingerprint density at radius 1 is 1.00 bits per heavy atom. The second kappa shape index (κ2) is 7.38. The van der Waals surface area contributed by atoms with Gasteiger partial charge < -0.3 is 9.13 Å². The minimum absolute atomic E-state index is 0.140. The lowest BCUT2D eigenvalue weighted by Gasteiger charge is -2.27. The van der Waals surface area contributed by atoms with Gasteiger partial charge in [0.25, 0.3) is 11.1 Å². The number of nitrogens with zero attached hydrogens (tertiary/aromatic N) is 2. The molecule has 1 unspecified atom stereocenters. The van der Waals surface area contributed by atoms with E-state index in [1.807, 2.05) is 17.8 Å². The Labute approximate surface area is 167 Å². The second-order valence-electron chi connectivity index (χ2n) is 9.00. The molecule has 4 rings (SSSR count). The molecule has 0 bridgehead atoms. The van der Waals surface area contributed by atoms with Crippen molar-refractivity contribution in [3.63, 3.8) is 0 Å². The van der Waals surface area contributed by atoms with Crippen LogP contribution in [0.2, 0.25) is 0 Å². The third-order valence-corrected chi connectivity index (χ3v) is 6.81. The van der Waals surface area contributed by atoms with Gasteiger partial charge in [-0.25, -0.2) is 0 Å². The maximum atomic E-state index is 13.1. The summed E-state index contributed by atoms with van der Waals surface area (Å²) in [5, 5.41) is 0. The van der Waals surface area contributed by atoms with Gasteiger partial charge in [0.05, 0.1) is 0 Å². The Balaban J connectivity index is 1.68. The highest BCUT2D eigenvalue weighted by atomic mass is 16.1. The number of rotatable bonds is 4. The van der Waals surface area contributed by atoms with Crippen molar-refractivity contribution in [1.29, 1.82) is 0 Å². The molecule has 4 nitrogen and oxygen atoms in total. The topological polar surface area (TPSA) is 44.0 Å². The van der Waals surface area contributed by atoms with Crippen molar-refractivity contribution in [2.45, 2.75) is 78.2 Å². The highest BCUT2D eigenvalue weighted by Crippen LogP contribution is 2.30. The van der Waals surface area contributed by atoms with Crippen molar-refractivity contribution >= 4 is 0 Å². The predicted molar refractivity (Wildman–Crippen MR) is 113 cm³/mol. The molecule has 2 aliphatic rings. The molecule has 4 heteroatoms. The van der Waals surface area contributed by atoms with Crippen LogP contribution in [0, 0.1) is 5.92 Å². The maximum absolute atomic E-state index is 13.1. The van der Waals surface area contributed by atoms with Crippen LogP contribution in [0.5, 0.6) is 0 Å². The van der Waals surface area contributed by atoms with Gasteiger partial charge in [0.1, 0.15) is 0 Å². The number of pyridine rings is 2. The summed E-state index contributed by atoms with van der Waals surface area (Å²) >= 11 is 0. The van der Waals surface area contributed by atoms with Crippen LogP contribution in [0.4, 0.5) is 0 Å². The summed E-state index contributed by atoms with van der Waals surface area (Å²) in [5.74, 6) is 0.787. The van der Waals surface area contributed by atoms with Crippen LogP contribution in [0.15, 0.2) is 22.0 Å². The van der Waals surface area contributed by atoms with Crippen molar-refractivity contribution in [1.82, 2.24) is 9.13 Å². The Morgan fingerprint density at radius 3 is 2.46 bits per heavy atom. The van der Waals surface area contributed by atoms with Gasteiger partial charge in [-0.3, -0.25) is 9.59 Å². The zero-order valence-corrected chi connectivity index (χ0v) is 17.7. The average Bonchev–Trinajstić information content (AvgIpc) is 3.17. The molecule has 0 saturated carbocycles. The van der Waals surface area contributed by atoms with Crippen molar-refractivity contribution in [2.75, 3.05) is 0 Å². The van der Waals surface area contributed by atoms with Gasteiger partial charge in [0.2, 0.25) is 0 Å². The van der Waals surface area contributed by atoms with Crippen molar-refractivity contribution in [2.24, 2.45) is 13.0 Å². The molecule has 0 aromatic carbocycles. The number of fused-ring (bicyclic) bond motifs is 2. The highest BCUT2D eigenvalue weighted by molar-refractivity contribution is 5.38. The molecule has 0 amide bonds. The lowest BCUT2D eigenvalue weighted by Crippen LogP contribution is -2.33. The summed E-state index contributed by atoms with van der Waals surface area (Å²) in [5.41, 5.74) is 7.60. The molecule has 2 aromatic heterocycles. The summed E-state index contributed by atoms with van der Waals surface area (Å²) in [6, 6.07) is 0.